The highest BCUT2D eigenvalue weighted by atomic mass is 16.6. The summed E-state index contributed by atoms with van der Waals surface area (Å²) in [6.07, 6.45) is 1.49. The van der Waals surface area contributed by atoms with E-state index < -0.39 is 11.8 Å². The Morgan fingerprint density at radius 3 is 2.47 bits per heavy atom. The predicted octanol–water partition coefficient (Wildman–Crippen LogP) is 3.97. The SMILES string of the molecule is CC(C)C(NC(=O)c1ccc2c(c1)C(=O)N(Cc1ccco1)C2=O)c1ccc2c(c1)OCCO2. The van der Waals surface area contributed by atoms with E-state index in [2.05, 4.69) is 5.32 Å². The van der Waals surface area contributed by atoms with Crippen molar-refractivity contribution in [3.05, 3.63) is 82.8 Å². The lowest BCUT2D eigenvalue weighted by Crippen LogP contribution is -2.32. The molecule has 0 saturated heterocycles. The molecule has 1 aromatic heterocycles. The van der Waals surface area contributed by atoms with E-state index in [0.29, 0.717) is 36.0 Å². The lowest BCUT2D eigenvalue weighted by molar-refractivity contribution is 0.0631. The fourth-order valence-electron chi connectivity index (χ4n) is 4.25. The molecule has 0 saturated carbocycles. The second-order valence-electron chi connectivity index (χ2n) is 8.63. The lowest BCUT2D eigenvalue weighted by atomic mass is 9.95. The first-order chi connectivity index (χ1) is 16.4. The van der Waals surface area contributed by atoms with Crippen molar-refractivity contribution in [2.24, 2.45) is 5.92 Å². The maximum absolute atomic E-state index is 13.2. The highest BCUT2D eigenvalue weighted by molar-refractivity contribution is 6.22. The molecule has 0 bridgehead atoms. The van der Waals surface area contributed by atoms with Gasteiger partial charge in [-0.3, -0.25) is 19.3 Å². The van der Waals surface area contributed by atoms with E-state index in [9.17, 15) is 14.4 Å². The number of fused-ring (bicyclic) bond motifs is 2. The van der Waals surface area contributed by atoms with Crippen molar-refractivity contribution in [3.63, 3.8) is 0 Å². The molecule has 8 heteroatoms. The summed E-state index contributed by atoms with van der Waals surface area (Å²) in [5, 5.41) is 3.06. The Labute approximate surface area is 196 Å². The molecule has 1 unspecified atom stereocenters. The van der Waals surface area contributed by atoms with Gasteiger partial charge in [0.1, 0.15) is 19.0 Å². The zero-order chi connectivity index (χ0) is 23.8. The van der Waals surface area contributed by atoms with Crippen molar-refractivity contribution in [1.82, 2.24) is 10.2 Å². The van der Waals surface area contributed by atoms with E-state index >= 15 is 0 Å². The number of ether oxygens (including phenoxy) is 2. The molecule has 34 heavy (non-hydrogen) atoms. The number of rotatable bonds is 6. The third-order valence-electron chi connectivity index (χ3n) is 6.01. The van der Waals surface area contributed by atoms with Gasteiger partial charge in [0, 0.05) is 5.56 Å². The molecule has 2 aliphatic heterocycles. The first-order valence-corrected chi connectivity index (χ1v) is 11.2. The first-order valence-electron chi connectivity index (χ1n) is 11.2. The zero-order valence-corrected chi connectivity index (χ0v) is 18.9. The summed E-state index contributed by atoms with van der Waals surface area (Å²) in [6.45, 7) is 5.06. The van der Waals surface area contributed by atoms with Crippen LogP contribution >= 0.6 is 0 Å². The summed E-state index contributed by atoms with van der Waals surface area (Å²) in [5.41, 5.74) is 1.69. The largest absolute Gasteiger partial charge is 0.486 e. The Kier molecular flexibility index (Phi) is 5.57. The van der Waals surface area contributed by atoms with Gasteiger partial charge in [-0.05, 0) is 53.9 Å². The average Bonchev–Trinajstić information content (AvgIpc) is 3.44. The summed E-state index contributed by atoms with van der Waals surface area (Å²) >= 11 is 0. The number of imide groups is 1. The molecule has 174 valence electrons. The second kappa shape index (κ2) is 8.70. The average molecular weight is 460 g/mol. The predicted molar refractivity (Wildman–Crippen MR) is 122 cm³/mol. The minimum atomic E-state index is -0.446. The van der Waals surface area contributed by atoms with Crippen LogP contribution < -0.4 is 14.8 Å². The molecule has 3 aromatic rings. The lowest BCUT2D eigenvalue weighted by Gasteiger charge is -2.25. The van der Waals surface area contributed by atoms with E-state index in [1.807, 2.05) is 32.0 Å². The van der Waals surface area contributed by atoms with E-state index in [0.717, 1.165) is 10.5 Å². The van der Waals surface area contributed by atoms with Crippen LogP contribution in [0.25, 0.3) is 0 Å². The number of nitrogens with zero attached hydrogens (tertiary/aromatic N) is 1. The molecule has 1 atom stereocenters. The van der Waals surface area contributed by atoms with Gasteiger partial charge in [-0.15, -0.1) is 0 Å². The van der Waals surface area contributed by atoms with E-state index in [-0.39, 0.29) is 35.5 Å². The minimum absolute atomic E-state index is 0.0421. The maximum atomic E-state index is 13.2. The van der Waals surface area contributed by atoms with Crippen molar-refractivity contribution in [3.8, 4) is 11.5 Å². The zero-order valence-electron chi connectivity index (χ0n) is 18.9. The molecule has 0 aliphatic carbocycles. The fraction of sp³-hybridized carbons (Fsp3) is 0.269. The molecule has 0 spiro atoms. The van der Waals surface area contributed by atoms with Crippen LogP contribution in [0.2, 0.25) is 0 Å². The maximum Gasteiger partial charge on any atom is 0.261 e. The number of benzene rings is 2. The third kappa shape index (κ3) is 3.91. The molecule has 8 nitrogen and oxygen atoms in total. The number of furan rings is 1. The minimum Gasteiger partial charge on any atom is -0.486 e. The van der Waals surface area contributed by atoms with Crippen LogP contribution in [-0.4, -0.2) is 35.8 Å². The van der Waals surface area contributed by atoms with Gasteiger partial charge in [-0.2, -0.15) is 0 Å². The van der Waals surface area contributed by atoms with Gasteiger partial charge in [0.25, 0.3) is 17.7 Å². The quantitative estimate of drug-likeness (QED) is 0.559. The molecule has 0 fully saturated rings. The first kappa shape index (κ1) is 21.8. The van der Waals surface area contributed by atoms with Crippen LogP contribution in [0.3, 0.4) is 0 Å². The van der Waals surface area contributed by atoms with E-state index in [1.165, 1.54) is 18.4 Å². The van der Waals surface area contributed by atoms with Crippen molar-refractivity contribution in [1.29, 1.82) is 0 Å². The molecular weight excluding hydrogens is 436 g/mol. The Morgan fingerprint density at radius 2 is 1.74 bits per heavy atom. The molecule has 3 heterocycles. The molecule has 2 aliphatic rings. The molecule has 2 aromatic carbocycles. The Hall–Kier alpha value is -4.07. The number of amides is 3. The van der Waals surface area contributed by atoms with Crippen molar-refractivity contribution in [2.45, 2.75) is 26.4 Å². The molecular formula is C26H24N2O6. The van der Waals surface area contributed by atoms with Crippen LogP contribution in [0.15, 0.2) is 59.2 Å². The van der Waals surface area contributed by atoms with Crippen molar-refractivity contribution < 1.29 is 28.3 Å². The number of carbonyl (C=O) groups is 3. The second-order valence-corrected chi connectivity index (χ2v) is 8.63. The molecule has 5 rings (SSSR count). The fourth-order valence-corrected chi connectivity index (χ4v) is 4.25. The van der Waals surface area contributed by atoms with Crippen LogP contribution in [0.4, 0.5) is 0 Å². The van der Waals surface area contributed by atoms with E-state index in [4.69, 9.17) is 13.9 Å². The van der Waals surface area contributed by atoms with Gasteiger partial charge >= 0.3 is 0 Å². The van der Waals surface area contributed by atoms with Crippen molar-refractivity contribution in [2.75, 3.05) is 13.2 Å². The Bertz CT molecular complexity index is 1260. The topological polar surface area (TPSA) is 98.1 Å². The Morgan fingerprint density at radius 1 is 0.971 bits per heavy atom. The van der Waals surface area contributed by atoms with Crippen LogP contribution in [0.5, 0.6) is 11.5 Å². The number of carbonyl (C=O) groups excluding carboxylic acids is 3. The van der Waals surface area contributed by atoms with Crippen LogP contribution in [0.1, 0.15) is 62.3 Å². The summed E-state index contributed by atoms with van der Waals surface area (Å²) in [7, 11) is 0. The Balaban J connectivity index is 1.37. The summed E-state index contributed by atoms with van der Waals surface area (Å²) in [6, 6.07) is 13.3. The smallest absolute Gasteiger partial charge is 0.261 e. The monoisotopic (exact) mass is 460 g/mol. The van der Waals surface area contributed by atoms with Gasteiger partial charge in [-0.25, -0.2) is 0 Å². The number of nitrogens with one attached hydrogen (secondary N) is 1. The highest BCUT2D eigenvalue weighted by Gasteiger charge is 2.36. The third-order valence-corrected chi connectivity index (χ3v) is 6.01. The van der Waals surface area contributed by atoms with Gasteiger partial charge in [0.05, 0.1) is 30.0 Å². The van der Waals surface area contributed by atoms with Gasteiger partial charge < -0.3 is 19.2 Å². The normalized spacial score (nSPS) is 15.4. The highest BCUT2D eigenvalue weighted by Crippen LogP contribution is 2.34. The van der Waals surface area contributed by atoms with Gasteiger partial charge in [0.2, 0.25) is 0 Å². The summed E-state index contributed by atoms with van der Waals surface area (Å²) in [4.78, 5) is 39.9. The number of hydrogen-bond acceptors (Lipinski definition) is 6. The molecule has 1 N–H and O–H groups in total. The van der Waals surface area contributed by atoms with Crippen molar-refractivity contribution >= 4 is 17.7 Å². The standard InChI is InChI=1S/C26H24N2O6/c1-15(2)23(16-6-8-21-22(13-16)34-11-10-33-21)27-24(29)17-5-7-19-20(12-17)26(31)28(25(19)30)14-18-4-3-9-32-18/h3-9,12-13,15,23H,10-11,14H2,1-2H3,(H,27,29). The van der Waals surface area contributed by atoms with Crippen LogP contribution in [-0.2, 0) is 6.54 Å². The molecule has 0 radical (unpaired) electrons. The van der Waals surface area contributed by atoms with Crippen LogP contribution in [0, 0.1) is 5.92 Å². The number of hydrogen-bond donors (Lipinski definition) is 1. The summed E-state index contributed by atoms with van der Waals surface area (Å²) < 4.78 is 16.5. The van der Waals surface area contributed by atoms with Gasteiger partial charge in [-0.1, -0.05) is 19.9 Å². The molecule has 3 amide bonds. The van der Waals surface area contributed by atoms with Gasteiger partial charge in [0.15, 0.2) is 11.5 Å². The van der Waals surface area contributed by atoms with E-state index in [1.54, 1.807) is 18.2 Å². The summed E-state index contributed by atoms with van der Waals surface area (Å²) in [5.74, 6) is 0.755.